The first-order valence-corrected chi connectivity index (χ1v) is 17.8. The van der Waals surface area contributed by atoms with Gasteiger partial charge in [-0.05, 0) is 93.3 Å². The van der Waals surface area contributed by atoms with Gasteiger partial charge >= 0.3 is 0 Å². The summed E-state index contributed by atoms with van der Waals surface area (Å²) in [6.07, 6.45) is 1.07. The van der Waals surface area contributed by atoms with Crippen LogP contribution in [0, 0.1) is 25.2 Å². The zero-order chi connectivity index (χ0) is 34.8. The summed E-state index contributed by atoms with van der Waals surface area (Å²) >= 11 is 1.65. The summed E-state index contributed by atoms with van der Waals surface area (Å²) < 4.78 is 6.31. The van der Waals surface area contributed by atoms with Crippen molar-refractivity contribution in [1.29, 1.82) is 5.26 Å². The van der Waals surface area contributed by atoms with E-state index in [-0.39, 0.29) is 25.1 Å². The summed E-state index contributed by atoms with van der Waals surface area (Å²) in [7, 11) is 1.86. The molecule has 0 saturated carbocycles. The topological polar surface area (TPSA) is 110 Å². The van der Waals surface area contributed by atoms with Gasteiger partial charge in [0.05, 0.1) is 37.5 Å². The first-order valence-electron chi connectivity index (χ1n) is 17.0. The molecule has 1 atom stereocenters. The number of aliphatic hydroxyl groups is 1. The number of rotatable bonds is 12. The molecule has 254 valence electrons. The fourth-order valence-corrected chi connectivity index (χ4v) is 7.73. The molecule has 6 rings (SSSR count). The van der Waals surface area contributed by atoms with Crippen LogP contribution in [0.15, 0.2) is 52.9 Å². The third kappa shape index (κ3) is 6.90. The second-order valence-corrected chi connectivity index (χ2v) is 14.1. The first-order chi connectivity index (χ1) is 23.6. The van der Waals surface area contributed by atoms with Crippen LogP contribution >= 0.6 is 11.3 Å². The van der Waals surface area contributed by atoms with Crippen LogP contribution in [-0.2, 0) is 24.4 Å². The van der Waals surface area contributed by atoms with E-state index in [1.165, 1.54) is 0 Å². The third-order valence-electron chi connectivity index (χ3n) is 9.69. The lowest BCUT2D eigenvalue weighted by atomic mass is 9.91. The number of oxazole rings is 1. The summed E-state index contributed by atoms with van der Waals surface area (Å²) in [5.74, 6) is 0.548. The standard InChI is InChI=1S/C39H44N6O3S/c1-7-15-44(8-2)19-27-16-28(18-40)37-33(17-27)41-38(48-37)31-13-9-11-29(25(31)4)30-12-10-14-32(26(30)5)39-42-34-20-45(21-35(34)49-39)36(47)22-43(6)24(3)23-46/h9-14,16-17,24,46H,7-8,15,19-23H2,1-6H3/t24-/m1/s1. The Kier molecular flexibility index (Phi) is 10.3. The van der Waals surface area contributed by atoms with Crippen molar-refractivity contribution in [1.82, 2.24) is 24.7 Å². The molecule has 1 N–H and O–H groups in total. The van der Waals surface area contributed by atoms with Crippen molar-refractivity contribution in [3.05, 3.63) is 81.4 Å². The highest BCUT2D eigenvalue weighted by Crippen LogP contribution is 2.40. The van der Waals surface area contributed by atoms with Gasteiger partial charge in [0.25, 0.3) is 0 Å². The molecule has 1 aliphatic rings. The Hall–Kier alpha value is -4.40. The molecular formula is C39H44N6O3S. The number of aliphatic hydroxyl groups excluding tert-OH is 1. The lowest BCUT2D eigenvalue weighted by Gasteiger charge is -2.25. The smallest absolute Gasteiger partial charge is 0.237 e. The van der Waals surface area contributed by atoms with Crippen molar-refractivity contribution in [2.75, 3.05) is 33.3 Å². The highest BCUT2D eigenvalue weighted by atomic mass is 32.1. The summed E-state index contributed by atoms with van der Waals surface area (Å²) in [4.78, 5) is 30.0. The Labute approximate surface area is 292 Å². The van der Waals surface area contributed by atoms with E-state index in [1.54, 1.807) is 11.3 Å². The highest BCUT2D eigenvalue weighted by molar-refractivity contribution is 7.15. The zero-order valence-electron chi connectivity index (χ0n) is 29.2. The van der Waals surface area contributed by atoms with E-state index in [4.69, 9.17) is 14.4 Å². The molecule has 5 aromatic rings. The fraction of sp³-hybridized carbons (Fsp3) is 0.385. The minimum absolute atomic E-state index is 0.0164. The van der Waals surface area contributed by atoms with Crippen LogP contribution in [0.5, 0.6) is 0 Å². The number of nitrogens with zero attached hydrogens (tertiary/aromatic N) is 6. The normalized spacial score (nSPS) is 13.4. The molecule has 9 nitrogen and oxygen atoms in total. The number of hydrogen-bond donors (Lipinski definition) is 1. The average molecular weight is 677 g/mol. The molecule has 0 unspecified atom stereocenters. The molecule has 0 radical (unpaired) electrons. The average Bonchev–Trinajstić information content (AvgIpc) is 3.81. The van der Waals surface area contributed by atoms with Crippen LogP contribution in [0.4, 0.5) is 0 Å². The molecule has 0 fully saturated rings. The van der Waals surface area contributed by atoms with Gasteiger partial charge in [0.2, 0.25) is 11.8 Å². The van der Waals surface area contributed by atoms with E-state index in [2.05, 4.69) is 62.9 Å². The Bertz CT molecular complexity index is 2020. The van der Waals surface area contributed by atoms with Crippen LogP contribution in [0.1, 0.15) is 60.0 Å². The monoisotopic (exact) mass is 676 g/mol. The summed E-state index contributed by atoms with van der Waals surface area (Å²) in [5, 5.41) is 20.4. The van der Waals surface area contributed by atoms with Gasteiger partial charge in [0.15, 0.2) is 5.58 Å². The number of nitriles is 1. The molecular weight excluding hydrogens is 633 g/mol. The van der Waals surface area contributed by atoms with Crippen LogP contribution < -0.4 is 0 Å². The SMILES string of the molecule is CCCN(CC)Cc1cc(C#N)c2oc(-c3cccc(-c4cccc(-c5nc6c(s5)CN(C(=O)CN(C)[C@H](C)CO)C6)c4C)c3C)nc2c1. The third-order valence-corrected chi connectivity index (χ3v) is 10.8. The predicted octanol–water partition coefficient (Wildman–Crippen LogP) is 7.16. The van der Waals surface area contributed by atoms with Crippen LogP contribution in [0.25, 0.3) is 44.3 Å². The Balaban J connectivity index is 1.27. The van der Waals surface area contributed by atoms with Gasteiger partial charge < -0.3 is 14.4 Å². The van der Waals surface area contributed by atoms with Crippen LogP contribution in [0.2, 0.25) is 0 Å². The Morgan fingerprint density at radius 2 is 1.76 bits per heavy atom. The van der Waals surface area contributed by atoms with Crippen LogP contribution in [-0.4, -0.2) is 75.0 Å². The number of hydrogen-bond acceptors (Lipinski definition) is 9. The highest BCUT2D eigenvalue weighted by Gasteiger charge is 2.29. The molecule has 49 heavy (non-hydrogen) atoms. The molecule has 3 aromatic carbocycles. The molecule has 2 aromatic heterocycles. The van der Waals surface area contributed by atoms with Gasteiger partial charge in [-0.25, -0.2) is 9.97 Å². The lowest BCUT2D eigenvalue weighted by molar-refractivity contribution is -0.133. The van der Waals surface area contributed by atoms with Crippen molar-refractivity contribution < 1.29 is 14.3 Å². The molecule has 0 saturated heterocycles. The predicted molar refractivity (Wildman–Crippen MR) is 195 cm³/mol. The van der Waals surface area contributed by atoms with Crippen molar-refractivity contribution in [2.45, 2.75) is 66.7 Å². The summed E-state index contributed by atoms with van der Waals surface area (Å²) in [5.41, 5.74) is 10.1. The summed E-state index contributed by atoms with van der Waals surface area (Å²) in [6, 6.07) is 18.7. The number of likely N-dealkylation sites (N-methyl/N-ethyl adjacent to an activating group) is 1. The van der Waals surface area contributed by atoms with Gasteiger partial charge in [0, 0.05) is 28.6 Å². The van der Waals surface area contributed by atoms with Gasteiger partial charge in [-0.15, -0.1) is 11.3 Å². The molecule has 3 heterocycles. The molecule has 0 bridgehead atoms. The summed E-state index contributed by atoms with van der Waals surface area (Å²) in [6.45, 7) is 14.5. The Morgan fingerprint density at radius 3 is 2.41 bits per heavy atom. The van der Waals surface area contributed by atoms with E-state index in [0.717, 1.165) is 80.6 Å². The second kappa shape index (κ2) is 14.6. The van der Waals surface area contributed by atoms with E-state index in [9.17, 15) is 15.2 Å². The van der Waals surface area contributed by atoms with Gasteiger partial charge in [-0.2, -0.15) is 5.26 Å². The van der Waals surface area contributed by atoms with Gasteiger partial charge in [-0.1, -0.05) is 44.2 Å². The number of benzene rings is 3. The number of carbonyl (C=O) groups is 1. The first kappa shape index (κ1) is 34.5. The fourth-order valence-electron chi connectivity index (χ4n) is 6.56. The van der Waals surface area contributed by atoms with E-state index in [0.29, 0.717) is 35.6 Å². The minimum Gasteiger partial charge on any atom is -0.435 e. The van der Waals surface area contributed by atoms with E-state index in [1.807, 2.05) is 48.0 Å². The van der Waals surface area contributed by atoms with E-state index < -0.39 is 0 Å². The number of thiazole rings is 1. The van der Waals surface area contributed by atoms with Crippen molar-refractivity contribution >= 4 is 28.3 Å². The lowest BCUT2D eigenvalue weighted by Crippen LogP contribution is -2.41. The quantitative estimate of drug-likeness (QED) is 0.148. The van der Waals surface area contributed by atoms with Crippen molar-refractivity contribution in [2.24, 2.45) is 0 Å². The second-order valence-electron chi connectivity index (χ2n) is 13.0. The number of fused-ring (bicyclic) bond motifs is 2. The van der Waals surface area contributed by atoms with Crippen molar-refractivity contribution in [3.63, 3.8) is 0 Å². The maximum atomic E-state index is 12.9. The van der Waals surface area contributed by atoms with Gasteiger partial charge in [0.1, 0.15) is 16.6 Å². The minimum atomic E-state index is -0.0723. The number of aromatic nitrogens is 2. The molecule has 1 aliphatic heterocycles. The molecule has 0 aliphatic carbocycles. The van der Waals surface area contributed by atoms with Crippen molar-refractivity contribution in [3.8, 4) is 39.2 Å². The van der Waals surface area contributed by atoms with Crippen LogP contribution in [0.3, 0.4) is 0 Å². The maximum absolute atomic E-state index is 12.9. The van der Waals surface area contributed by atoms with E-state index >= 15 is 0 Å². The molecule has 0 spiro atoms. The largest absolute Gasteiger partial charge is 0.435 e. The maximum Gasteiger partial charge on any atom is 0.237 e. The zero-order valence-corrected chi connectivity index (χ0v) is 30.0. The number of amides is 1. The molecule has 10 heteroatoms. The Morgan fingerprint density at radius 1 is 1.06 bits per heavy atom. The van der Waals surface area contributed by atoms with Gasteiger partial charge in [-0.3, -0.25) is 14.6 Å². The number of carbonyl (C=O) groups excluding carboxylic acids is 1. The molecule has 1 amide bonds.